The first-order valence-electron chi connectivity index (χ1n) is 9.84. The first-order valence-corrected chi connectivity index (χ1v) is 11.7. The van der Waals surface area contributed by atoms with Crippen LogP contribution < -0.4 is 9.62 Å². The van der Waals surface area contributed by atoms with Crippen LogP contribution in [0.15, 0.2) is 90.3 Å². The van der Waals surface area contributed by atoms with Gasteiger partial charge >= 0.3 is 0 Å². The van der Waals surface area contributed by atoms with E-state index >= 15 is 0 Å². The van der Waals surface area contributed by atoms with Gasteiger partial charge in [0.2, 0.25) is 0 Å². The van der Waals surface area contributed by atoms with Crippen molar-refractivity contribution < 1.29 is 17.6 Å². The number of hydrogen-bond acceptors (Lipinski definition) is 3. The Bertz CT molecular complexity index is 1210. The van der Waals surface area contributed by atoms with Crippen LogP contribution >= 0.6 is 11.6 Å². The summed E-state index contributed by atoms with van der Waals surface area (Å²) in [4.78, 5) is 12.5. The van der Waals surface area contributed by atoms with Gasteiger partial charge in [0.15, 0.2) is 0 Å². The van der Waals surface area contributed by atoms with Crippen LogP contribution in [0.1, 0.15) is 15.9 Å². The fourth-order valence-corrected chi connectivity index (χ4v) is 4.88. The number of nitrogens with zero attached hydrogens (tertiary/aromatic N) is 1. The zero-order valence-corrected chi connectivity index (χ0v) is 18.7. The summed E-state index contributed by atoms with van der Waals surface area (Å²) in [5.74, 6) is -0.727. The minimum absolute atomic E-state index is 0.0140. The molecule has 1 N–H and O–H groups in total. The molecule has 3 rings (SSSR count). The number of carbonyl (C=O) groups excluding carboxylic acids is 1. The fourth-order valence-electron chi connectivity index (χ4n) is 3.10. The summed E-state index contributed by atoms with van der Waals surface area (Å²) < 4.78 is 40.8. The van der Waals surface area contributed by atoms with Crippen LogP contribution in [0, 0.1) is 5.82 Å². The summed E-state index contributed by atoms with van der Waals surface area (Å²) in [6.45, 7) is 3.98. The van der Waals surface area contributed by atoms with Crippen molar-refractivity contribution in [2.24, 2.45) is 0 Å². The molecule has 0 aliphatic heterocycles. The van der Waals surface area contributed by atoms with Gasteiger partial charge in [-0.3, -0.25) is 9.10 Å². The minimum Gasteiger partial charge on any atom is -0.352 e. The van der Waals surface area contributed by atoms with Crippen molar-refractivity contribution in [2.75, 3.05) is 17.4 Å². The van der Waals surface area contributed by atoms with Crippen molar-refractivity contribution >= 4 is 33.2 Å². The summed E-state index contributed by atoms with van der Waals surface area (Å²) in [5.41, 5.74) is 1.41. The highest BCUT2D eigenvalue weighted by Crippen LogP contribution is 2.30. The number of para-hydroxylation sites is 1. The van der Waals surface area contributed by atoms with Crippen LogP contribution in [-0.4, -0.2) is 27.4 Å². The maximum atomic E-state index is 13.3. The third-order valence-electron chi connectivity index (χ3n) is 4.71. The van der Waals surface area contributed by atoms with Gasteiger partial charge in [0, 0.05) is 12.1 Å². The normalized spacial score (nSPS) is 11.1. The lowest BCUT2D eigenvalue weighted by Crippen LogP contribution is -2.32. The van der Waals surface area contributed by atoms with Crippen molar-refractivity contribution in [1.82, 2.24) is 5.32 Å². The van der Waals surface area contributed by atoms with Crippen LogP contribution in [0.3, 0.4) is 0 Å². The molecule has 1 amide bonds. The topological polar surface area (TPSA) is 66.5 Å². The summed E-state index contributed by atoms with van der Waals surface area (Å²) in [6, 6.07) is 18.4. The smallest absolute Gasteiger partial charge is 0.264 e. The molecule has 0 atom stereocenters. The zero-order chi connectivity index (χ0) is 23.1. The summed E-state index contributed by atoms with van der Waals surface area (Å²) in [5, 5.41) is 3.04. The van der Waals surface area contributed by atoms with E-state index in [1.165, 1.54) is 36.4 Å². The summed E-state index contributed by atoms with van der Waals surface area (Å²) >= 11 is 6.22. The van der Waals surface area contributed by atoms with Crippen LogP contribution in [0.25, 0.3) is 0 Å². The molecule has 0 saturated carbocycles. The van der Waals surface area contributed by atoms with E-state index in [-0.39, 0.29) is 27.8 Å². The Morgan fingerprint density at radius 3 is 2.47 bits per heavy atom. The largest absolute Gasteiger partial charge is 0.352 e. The van der Waals surface area contributed by atoms with Gasteiger partial charge in [0.1, 0.15) is 5.82 Å². The number of sulfonamides is 1. The lowest BCUT2D eigenvalue weighted by Gasteiger charge is -2.24. The van der Waals surface area contributed by atoms with Crippen molar-refractivity contribution in [3.63, 3.8) is 0 Å². The molecule has 0 radical (unpaired) electrons. The van der Waals surface area contributed by atoms with E-state index < -0.39 is 15.9 Å². The molecule has 32 heavy (non-hydrogen) atoms. The van der Waals surface area contributed by atoms with E-state index in [1.54, 1.807) is 42.5 Å². The molecule has 0 unspecified atom stereocenters. The highest BCUT2D eigenvalue weighted by atomic mass is 35.5. The number of halogens is 2. The van der Waals surface area contributed by atoms with Crippen LogP contribution in [0.4, 0.5) is 10.1 Å². The average Bonchev–Trinajstić information content (AvgIpc) is 2.79. The second-order valence-corrected chi connectivity index (χ2v) is 9.21. The number of anilines is 1. The minimum atomic E-state index is -4.00. The molecule has 8 heteroatoms. The van der Waals surface area contributed by atoms with Gasteiger partial charge in [0.25, 0.3) is 15.9 Å². The van der Waals surface area contributed by atoms with Crippen molar-refractivity contribution in [2.45, 2.75) is 11.3 Å². The molecular weight excluding hydrogens is 451 g/mol. The predicted molar refractivity (Wildman–Crippen MR) is 125 cm³/mol. The highest BCUT2D eigenvalue weighted by molar-refractivity contribution is 7.92. The van der Waals surface area contributed by atoms with E-state index in [0.29, 0.717) is 18.7 Å². The quantitative estimate of drug-likeness (QED) is 0.453. The number of rotatable bonds is 9. The Balaban J connectivity index is 1.78. The standard InChI is InChI=1S/C24H22ClFN2O3S/c1-2-16-28(23-9-4-3-8-22(23)25)32(30,31)21-7-5-6-19(17-21)24(29)27-15-14-18-10-12-20(26)13-11-18/h2-13,17H,1,14-16H2,(H,27,29). The van der Waals surface area contributed by atoms with E-state index in [4.69, 9.17) is 11.6 Å². The van der Waals surface area contributed by atoms with Crippen LogP contribution in [0.5, 0.6) is 0 Å². The molecule has 0 fully saturated rings. The zero-order valence-electron chi connectivity index (χ0n) is 17.2. The third kappa shape index (κ3) is 5.55. The SMILES string of the molecule is C=CCN(c1ccccc1Cl)S(=O)(=O)c1cccc(C(=O)NCCc2ccc(F)cc2)c1. The van der Waals surface area contributed by atoms with Gasteiger partial charge in [-0.25, -0.2) is 12.8 Å². The van der Waals surface area contributed by atoms with Crippen LogP contribution in [0.2, 0.25) is 5.02 Å². The lowest BCUT2D eigenvalue weighted by atomic mass is 10.1. The van der Waals surface area contributed by atoms with E-state index in [2.05, 4.69) is 11.9 Å². The molecule has 3 aromatic rings. The molecule has 0 aliphatic rings. The Labute approximate surface area is 192 Å². The Morgan fingerprint density at radius 2 is 1.78 bits per heavy atom. The molecule has 0 bridgehead atoms. The Kier molecular flexibility index (Phi) is 7.66. The maximum absolute atomic E-state index is 13.3. The second-order valence-electron chi connectivity index (χ2n) is 6.94. The molecule has 0 aromatic heterocycles. The van der Waals surface area contributed by atoms with Gasteiger partial charge < -0.3 is 5.32 Å². The maximum Gasteiger partial charge on any atom is 0.264 e. The average molecular weight is 473 g/mol. The number of amides is 1. The van der Waals surface area contributed by atoms with E-state index in [1.807, 2.05) is 0 Å². The third-order valence-corrected chi connectivity index (χ3v) is 6.81. The van der Waals surface area contributed by atoms with Gasteiger partial charge in [-0.2, -0.15) is 0 Å². The van der Waals surface area contributed by atoms with E-state index in [9.17, 15) is 17.6 Å². The monoisotopic (exact) mass is 472 g/mol. The van der Waals surface area contributed by atoms with Crippen LogP contribution in [-0.2, 0) is 16.4 Å². The molecule has 5 nitrogen and oxygen atoms in total. The molecule has 166 valence electrons. The molecule has 0 heterocycles. The Morgan fingerprint density at radius 1 is 1.06 bits per heavy atom. The molecule has 3 aromatic carbocycles. The molecule has 0 aliphatic carbocycles. The number of nitrogens with one attached hydrogen (secondary N) is 1. The van der Waals surface area contributed by atoms with Gasteiger partial charge in [-0.15, -0.1) is 6.58 Å². The van der Waals surface area contributed by atoms with Crippen molar-refractivity contribution in [3.8, 4) is 0 Å². The molecule has 0 spiro atoms. The number of carbonyl (C=O) groups is 1. The first-order chi connectivity index (χ1) is 15.3. The molecular formula is C24H22ClFN2O3S. The van der Waals surface area contributed by atoms with Gasteiger partial charge in [-0.05, 0) is 54.4 Å². The van der Waals surface area contributed by atoms with Gasteiger partial charge in [0.05, 0.1) is 22.2 Å². The van der Waals surface area contributed by atoms with Gasteiger partial charge in [-0.1, -0.05) is 48.0 Å². The summed E-state index contributed by atoms with van der Waals surface area (Å²) in [7, 11) is -4.00. The fraction of sp³-hybridized carbons (Fsp3) is 0.125. The Hall–Kier alpha value is -3.16. The lowest BCUT2D eigenvalue weighted by molar-refractivity contribution is 0.0954. The highest BCUT2D eigenvalue weighted by Gasteiger charge is 2.26. The number of hydrogen-bond donors (Lipinski definition) is 1. The first kappa shape index (κ1) is 23.5. The number of benzene rings is 3. The van der Waals surface area contributed by atoms with Crippen molar-refractivity contribution in [3.05, 3.63) is 107 Å². The predicted octanol–water partition coefficient (Wildman–Crippen LogP) is 4.83. The molecule has 0 saturated heterocycles. The summed E-state index contributed by atoms with van der Waals surface area (Å²) in [6.07, 6.45) is 1.98. The second kappa shape index (κ2) is 10.4. The van der Waals surface area contributed by atoms with Crippen molar-refractivity contribution in [1.29, 1.82) is 0 Å². The van der Waals surface area contributed by atoms with E-state index in [0.717, 1.165) is 9.87 Å².